The number of rotatable bonds is 4. The highest BCUT2D eigenvalue weighted by molar-refractivity contribution is 7.16. The van der Waals surface area contributed by atoms with Gasteiger partial charge in [0.15, 0.2) is 5.75 Å². The van der Waals surface area contributed by atoms with E-state index in [1.165, 1.54) is 29.7 Å². The molecule has 0 bridgehead atoms. The Labute approximate surface area is 202 Å². The molecule has 4 nitrogen and oxygen atoms in total. The Morgan fingerprint density at radius 2 is 1.97 bits per heavy atom. The number of thiophene rings is 1. The van der Waals surface area contributed by atoms with E-state index in [-0.39, 0.29) is 29.0 Å². The highest BCUT2D eigenvalue weighted by Gasteiger charge is 2.31. The number of carbonyl (C=O) groups is 1. The maximum Gasteiger partial charge on any atom is 0.416 e. The van der Waals surface area contributed by atoms with Gasteiger partial charge in [0.2, 0.25) is 0 Å². The predicted octanol–water partition coefficient (Wildman–Crippen LogP) is 7.57. The van der Waals surface area contributed by atoms with Crippen LogP contribution in [0.1, 0.15) is 45.2 Å². The number of nitrogens with one attached hydrogen (secondary N) is 1. The summed E-state index contributed by atoms with van der Waals surface area (Å²) in [6, 6.07) is 13.3. The van der Waals surface area contributed by atoms with Gasteiger partial charge in [0.25, 0.3) is 5.91 Å². The number of para-hydroxylation sites is 1. The van der Waals surface area contributed by atoms with Crippen LogP contribution in [0.15, 0.2) is 60.8 Å². The highest BCUT2D eigenvalue weighted by atomic mass is 35.5. The average molecular weight is 503 g/mol. The third-order valence-electron chi connectivity index (χ3n) is 5.73. The summed E-state index contributed by atoms with van der Waals surface area (Å²) in [5.74, 6) is -0.343. The number of carbonyl (C=O) groups excluding carboxylic acids is 1. The lowest BCUT2D eigenvalue weighted by Gasteiger charge is -2.24. The molecule has 174 valence electrons. The lowest BCUT2D eigenvalue weighted by Crippen LogP contribution is -2.30. The monoisotopic (exact) mass is 502 g/mol. The Kier molecular flexibility index (Phi) is 5.95. The maximum atomic E-state index is 13.6. The number of benzene rings is 2. The number of amides is 1. The van der Waals surface area contributed by atoms with Crippen molar-refractivity contribution in [3.05, 3.63) is 86.7 Å². The van der Waals surface area contributed by atoms with Crippen molar-refractivity contribution in [3.8, 4) is 11.5 Å². The Morgan fingerprint density at radius 1 is 1.15 bits per heavy atom. The summed E-state index contributed by atoms with van der Waals surface area (Å²) < 4.78 is 46.0. The van der Waals surface area contributed by atoms with Crippen LogP contribution < -0.4 is 10.1 Å². The Balaban J connectivity index is 1.53. The van der Waals surface area contributed by atoms with Crippen LogP contribution in [-0.2, 0) is 12.6 Å². The molecule has 0 saturated heterocycles. The van der Waals surface area contributed by atoms with Gasteiger partial charge < -0.3 is 10.1 Å². The SMILES string of the molecule is O=C(NC1CCCc2cc(Cl)sc21)c1c(Oc2cccc(C(F)(F)F)c2)cnc2ccccc12. The van der Waals surface area contributed by atoms with E-state index in [0.29, 0.717) is 15.2 Å². The molecule has 2 aromatic carbocycles. The predicted molar refractivity (Wildman–Crippen MR) is 126 cm³/mol. The third kappa shape index (κ3) is 4.48. The zero-order valence-electron chi connectivity index (χ0n) is 17.7. The molecular formula is C25H18ClF3N2O2S. The summed E-state index contributed by atoms with van der Waals surface area (Å²) in [6.07, 6.45) is -0.557. The number of aromatic nitrogens is 1. The van der Waals surface area contributed by atoms with Gasteiger partial charge in [-0.05, 0) is 55.2 Å². The Morgan fingerprint density at radius 3 is 2.79 bits per heavy atom. The molecule has 1 N–H and O–H groups in total. The molecule has 5 rings (SSSR count). The van der Waals surface area contributed by atoms with E-state index >= 15 is 0 Å². The molecule has 0 saturated carbocycles. The molecule has 2 heterocycles. The number of alkyl halides is 3. The fraction of sp³-hybridized carbons (Fsp3) is 0.200. The van der Waals surface area contributed by atoms with Crippen molar-refractivity contribution in [2.45, 2.75) is 31.5 Å². The standard InChI is InChI=1S/C25H18ClF3N2O2S/c26-21-11-14-5-3-10-19(23(14)34-21)31-24(32)22-17-8-1-2-9-18(17)30-13-20(22)33-16-7-4-6-15(12-16)25(27,28)29/h1-2,4,6-9,11-13,19H,3,5,10H2,(H,31,32). The fourth-order valence-corrected chi connectivity index (χ4v) is 5.60. The van der Waals surface area contributed by atoms with E-state index in [0.717, 1.165) is 41.8 Å². The molecule has 9 heteroatoms. The van der Waals surface area contributed by atoms with Crippen molar-refractivity contribution in [2.75, 3.05) is 0 Å². The molecule has 1 aliphatic rings. The van der Waals surface area contributed by atoms with Gasteiger partial charge in [-0.3, -0.25) is 9.78 Å². The third-order valence-corrected chi connectivity index (χ3v) is 7.15. The quantitative estimate of drug-likeness (QED) is 0.313. The second-order valence-electron chi connectivity index (χ2n) is 8.00. The Bertz CT molecular complexity index is 1390. The van der Waals surface area contributed by atoms with Gasteiger partial charge in [-0.2, -0.15) is 13.2 Å². The van der Waals surface area contributed by atoms with Crippen molar-refractivity contribution >= 4 is 39.7 Å². The molecule has 1 aliphatic carbocycles. The second kappa shape index (κ2) is 8.92. The van der Waals surface area contributed by atoms with Gasteiger partial charge in [-0.15, -0.1) is 11.3 Å². The summed E-state index contributed by atoms with van der Waals surface area (Å²) in [5.41, 5.74) is 1.09. The molecule has 2 aromatic heterocycles. The molecule has 0 radical (unpaired) electrons. The van der Waals surface area contributed by atoms with Crippen LogP contribution in [-0.4, -0.2) is 10.9 Å². The van der Waals surface area contributed by atoms with Gasteiger partial charge in [-0.25, -0.2) is 0 Å². The maximum absolute atomic E-state index is 13.6. The number of ether oxygens (including phenoxy) is 1. The van der Waals surface area contributed by atoms with Crippen LogP contribution >= 0.6 is 22.9 Å². The lowest BCUT2D eigenvalue weighted by molar-refractivity contribution is -0.137. The number of hydrogen-bond donors (Lipinski definition) is 1. The van der Waals surface area contributed by atoms with E-state index in [9.17, 15) is 18.0 Å². The lowest BCUT2D eigenvalue weighted by atomic mass is 9.94. The van der Waals surface area contributed by atoms with Crippen molar-refractivity contribution in [3.63, 3.8) is 0 Å². The fourth-order valence-electron chi connectivity index (χ4n) is 4.19. The largest absolute Gasteiger partial charge is 0.455 e. The Hall–Kier alpha value is -3.10. The van der Waals surface area contributed by atoms with Crippen LogP contribution in [0.3, 0.4) is 0 Å². The molecule has 0 fully saturated rings. The molecule has 0 spiro atoms. The van der Waals surface area contributed by atoms with Crippen LogP contribution in [0.25, 0.3) is 10.9 Å². The minimum atomic E-state index is -4.51. The first kappa shape index (κ1) is 22.7. The number of nitrogens with zero attached hydrogens (tertiary/aromatic N) is 1. The summed E-state index contributed by atoms with van der Waals surface area (Å²) in [5, 5.41) is 3.63. The number of halogens is 4. The normalized spacial score (nSPS) is 15.7. The van der Waals surface area contributed by atoms with Crippen LogP contribution in [0, 0.1) is 0 Å². The zero-order chi connectivity index (χ0) is 23.9. The molecule has 1 amide bonds. The van der Waals surface area contributed by atoms with Crippen molar-refractivity contribution in [1.29, 1.82) is 0 Å². The topological polar surface area (TPSA) is 51.2 Å². The number of aryl methyl sites for hydroxylation is 1. The molecule has 4 aromatic rings. The van der Waals surface area contributed by atoms with E-state index in [1.807, 2.05) is 6.07 Å². The van der Waals surface area contributed by atoms with Gasteiger partial charge in [-0.1, -0.05) is 35.9 Å². The van der Waals surface area contributed by atoms with Crippen LogP contribution in [0.4, 0.5) is 13.2 Å². The number of hydrogen-bond acceptors (Lipinski definition) is 4. The first-order chi connectivity index (χ1) is 16.3. The van der Waals surface area contributed by atoms with Crippen molar-refractivity contribution in [1.82, 2.24) is 10.3 Å². The summed E-state index contributed by atoms with van der Waals surface area (Å²) >= 11 is 7.66. The summed E-state index contributed by atoms with van der Waals surface area (Å²) in [7, 11) is 0. The zero-order valence-corrected chi connectivity index (χ0v) is 19.2. The average Bonchev–Trinajstić information content (AvgIpc) is 3.20. The molecule has 34 heavy (non-hydrogen) atoms. The van der Waals surface area contributed by atoms with E-state index in [2.05, 4.69) is 10.3 Å². The number of pyridine rings is 1. The van der Waals surface area contributed by atoms with Crippen LogP contribution in [0.5, 0.6) is 11.5 Å². The molecular weight excluding hydrogens is 485 g/mol. The first-order valence-corrected chi connectivity index (χ1v) is 11.8. The van der Waals surface area contributed by atoms with Gasteiger partial charge in [0, 0.05) is 10.3 Å². The summed E-state index contributed by atoms with van der Waals surface area (Å²) in [4.78, 5) is 18.9. The van der Waals surface area contributed by atoms with E-state index < -0.39 is 11.7 Å². The van der Waals surface area contributed by atoms with Crippen molar-refractivity contribution in [2.24, 2.45) is 0 Å². The van der Waals surface area contributed by atoms with Crippen LogP contribution in [0.2, 0.25) is 4.34 Å². The molecule has 1 unspecified atom stereocenters. The van der Waals surface area contributed by atoms with E-state index in [1.54, 1.807) is 24.3 Å². The second-order valence-corrected chi connectivity index (χ2v) is 9.72. The smallest absolute Gasteiger partial charge is 0.416 e. The highest BCUT2D eigenvalue weighted by Crippen LogP contribution is 2.39. The van der Waals surface area contributed by atoms with Gasteiger partial charge >= 0.3 is 6.18 Å². The number of fused-ring (bicyclic) bond motifs is 2. The summed E-state index contributed by atoms with van der Waals surface area (Å²) in [6.45, 7) is 0. The van der Waals surface area contributed by atoms with Gasteiger partial charge in [0.1, 0.15) is 5.75 Å². The van der Waals surface area contributed by atoms with Gasteiger partial charge in [0.05, 0.1) is 33.2 Å². The minimum Gasteiger partial charge on any atom is -0.455 e. The minimum absolute atomic E-state index is 0.0362. The molecule has 0 aliphatic heterocycles. The first-order valence-electron chi connectivity index (χ1n) is 10.6. The molecule has 1 atom stereocenters. The van der Waals surface area contributed by atoms with E-state index in [4.69, 9.17) is 16.3 Å². The van der Waals surface area contributed by atoms with Crippen molar-refractivity contribution < 1.29 is 22.7 Å².